The lowest BCUT2D eigenvalue weighted by Crippen LogP contribution is -2.13. The van der Waals surface area contributed by atoms with E-state index in [2.05, 4.69) is 5.32 Å². The highest BCUT2D eigenvalue weighted by molar-refractivity contribution is 7.21. The van der Waals surface area contributed by atoms with Gasteiger partial charge in [-0.05, 0) is 30.0 Å². The molecule has 3 aromatic rings. The van der Waals surface area contributed by atoms with Crippen molar-refractivity contribution in [2.24, 2.45) is 0 Å². The molecule has 0 fully saturated rings. The summed E-state index contributed by atoms with van der Waals surface area (Å²) in [6.07, 6.45) is 0. The van der Waals surface area contributed by atoms with Gasteiger partial charge in [-0.1, -0.05) is 23.7 Å². The van der Waals surface area contributed by atoms with Gasteiger partial charge in [-0.3, -0.25) is 4.79 Å². The molecular weight excluding hydrogens is 354 g/mol. The van der Waals surface area contributed by atoms with Crippen molar-refractivity contribution in [1.82, 2.24) is 0 Å². The van der Waals surface area contributed by atoms with E-state index in [0.29, 0.717) is 20.5 Å². The number of methoxy groups -OCH3 is 1. The fourth-order valence-electron chi connectivity index (χ4n) is 2.16. The summed E-state index contributed by atoms with van der Waals surface area (Å²) in [7, 11) is 1.30. The van der Waals surface area contributed by atoms with Gasteiger partial charge in [0.15, 0.2) is 0 Å². The van der Waals surface area contributed by atoms with Crippen LogP contribution in [0.3, 0.4) is 0 Å². The first kappa shape index (κ1) is 16.0. The molecule has 2 heterocycles. The van der Waals surface area contributed by atoms with Gasteiger partial charge in [-0.25, -0.2) is 4.79 Å². The van der Waals surface area contributed by atoms with Crippen LogP contribution in [0.4, 0.5) is 5.69 Å². The summed E-state index contributed by atoms with van der Waals surface area (Å²) in [4.78, 5) is 25.0. The van der Waals surface area contributed by atoms with E-state index >= 15 is 0 Å². The summed E-state index contributed by atoms with van der Waals surface area (Å²) in [5.74, 6) is -0.814. The van der Waals surface area contributed by atoms with Gasteiger partial charge in [0, 0.05) is 10.1 Å². The highest BCUT2D eigenvalue weighted by atomic mass is 35.5. The quantitative estimate of drug-likeness (QED) is 0.667. The third kappa shape index (κ3) is 2.97. The Hall–Kier alpha value is -1.89. The van der Waals surface area contributed by atoms with Crippen LogP contribution in [0.2, 0.25) is 5.02 Å². The number of benzene rings is 1. The van der Waals surface area contributed by atoms with E-state index in [1.54, 1.807) is 11.4 Å². The molecule has 0 aliphatic heterocycles. The number of hydrogen-bond donors (Lipinski definition) is 1. The monoisotopic (exact) mass is 365 g/mol. The van der Waals surface area contributed by atoms with Gasteiger partial charge in [-0.2, -0.15) is 0 Å². The molecule has 1 amide bonds. The van der Waals surface area contributed by atoms with E-state index in [9.17, 15) is 9.59 Å². The van der Waals surface area contributed by atoms with Crippen LogP contribution in [0.5, 0.6) is 0 Å². The minimum Gasteiger partial charge on any atom is -0.465 e. The first-order valence-electron chi connectivity index (χ1n) is 6.67. The van der Waals surface area contributed by atoms with Gasteiger partial charge in [0.05, 0.1) is 17.8 Å². The predicted octanol–water partition coefficient (Wildman–Crippen LogP) is 4.96. The second kappa shape index (κ2) is 6.31. The predicted molar refractivity (Wildman–Crippen MR) is 95.2 cm³/mol. The first-order valence-corrected chi connectivity index (χ1v) is 8.74. The van der Waals surface area contributed by atoms with E-state index in [1.165, 1.54) is 29.8 Å². The summed E-state index contributed by atoms with van der Waals surface area (Å²) in [5, 5.41) is 5.74. The Labute approximate surface area is 145 Å². The molecule has 1 N–H and O–H groups in total. The van der Waals surface area contributed by atoms with Crippen LogP contribution >= 0.6 is 34.3 Å². The van der Waals surface area contributed by atoms with Crippen molar-refractivity contribution in [1.29, 1.82) is 0 Å². The Morgan fingerprint density at radius 3 is 2.74 bits per heavy atom. The zero-order valence-electron chi connectivity index (χ0n) is 12.3. The third-order valence-electron chi connectivity index (χ3n) is 3.28. The molecule has 0 saturated carbocycles. The second-order valence-corrected chi connectivity index (χ2v) is 7.20. The van der Waals surface area contributed by atoms with Gasteiger partial charge in [-0.15, -0.1) is 22.7 Å². The number of thiophene rings is 2. The maximum Gasteiger partial charge on any atom is 0.350 e. The van der Waals surface area contributed by atoms with Crippen LogP contribution in [0, 0.1) is 6.92 Å². The molecule has 0 aliphatic rings. The number of rotatable bonds is 3. The average Bonchev–Trinajstić information content (AvgIpc) is 3.11. The van der Waals surface area contributed by atoms with Gasteiger partial charge in [0.2, 0.25) is 0 Å². The molecule has 0 spiro atoms. The molecule has 0 bridgehead atoms. The van der Waals surface area contributed by atoms with E-state index in [-0.39, 0.29) is 5.91 Å². The molecule has 0 aliphatic carbocycles. The number of fused-ring (bicyclic) bond motifs is 1. The number of nitrogens with one attached hydrogen (secondary N) is 1. The smallest absolute Gasteiger partial charge is 0.350 e. The topological polar surface area (TPSA) is 55.4 Å². The number of carbonyl (C=O) groups excluding carboxylic acids is 2. The van der Waals surface area contributed by atoms with Gasteiger partial charge in [0.25, 0.3) is 5.91 Å². The van der Waals surface area contributed by atoms with Crippen molar-refractivity contribution < 1.29 is 14.3 Å². The summed E-state index contributed by atoms with van der Waals surface area (Å²) in [5.41, 5.74) is 1.53. The number of amides is 1. The Balaban J connectivity index is 1.94. The van der Waals surface area contributed by atoms with Crippen molar-refractivity contribution in [3.05, 3.63) is 50.0 Å². The second-order valence-electron chi connectivity index (χ2n) is 4.85. The molecule has 3 rings (SSSR count). The molecule has 0 radical (unpaired) electrons. The van der Waals surface area contributed by atoms with E-state index in [0.717, 1.165) is 15.6 Å². The van der Waals surface area contributed by atoms with Crippen LogP contribution < -0.4 is 5.32 Å². The Morgan fingerprint density at radius 2 is 2.00 bits per heavy atom. The molecule has 118 valence electrons. The first-order chi connectivity index (χ1) is 11.0. The number of anilines is 1. The van der Waals surface area contributed by atoms with Gasteiger partial charge < -0.3 is 10.1 Å². The van der Waals surface area contributed by atoms with Crippen molar-refractivity contribution in [2.75, 3.05) is 12.4 Å². The molecule has 7 heteroatoms. The van der Waals surface area contributed by atoms with Crippen molar-refractivity contribution >= 4 is 61.9 Å². The van der Waals surface area contributed by atoms with Crippen LogP contribution in [-0.4, -0.2) is 19.0 Å². The minimum atomic E-state index is -0.478. The standard InChI is InChI=1S/C16H12ClNO3S2/c1-8-3-4-9-11(7-8)23-14(12(9)17)15(19)18-10-5-6-22-13(10)16(20)21-2/h3-7H,1-2H3,(H,18,19). The zero-order chi connectivity index (χ0) is 16.6. The lowest BCUT2D eigenvalue weighted by atomic mass is 10.2. The fourth-order valence-corrected chi connectivity index (χ4v) is 4.43. The lowest BCUT2D eigenvalue weighted by Gasteiger charge is -2.04. The van der Waals surface area contributed by atoms with Crippen LogP contribution in [0.25, 0.3) is 10.1 Å². The highest BCUT2D eigenvalue weighted by Crippen LogP contribution is 2.36. The number of carbonyl (C=O) groups is 2. The molecule has 1 aromatic carbocycles. The van der Waals surface area contributed by atoms with E-state index < -0.39 is 5.97 Å². The van der Waals surface area contributed by atoms with Crippen molar-refractivity contribution in [3.8, 4) is 0 Å². The number of hydrogen-bond acceptors (Lipinski definition) is 5. The van der Waals surface area contributed by atoms with Crippen LogP contribution in [-0.2, 0) is 4.74 Å². The van der Waals surface area contributed by atoms with E-state index in [1.807, 2.05) is 25.1 Å². The lowest BCUT2D eigenvalue weighted by molar-refractivity contribution is 0.0607. The maximum absolute atomic E-state index is 12.5. The fraction of sp³-hybridized carbons (Fsp3) is 0.125. The molecule has 0 unspecified atom stereocenters. The van der Waals surface area contributed by atoms with Crippen molar-refractivity contribution in [3.63, 3.8) is 0 Å². The van der Waals surface area contributed by atoms with E-state index in [4.69, 9.17) is 16.3 Å². The normalized spacial score (nSPS) is 10.7. The molecule has 2 aromatic heterocycles. The van der Waals surface area contributed by atoms with Gasteiger partial charge >= 0.3 is 5.97 Å². The minimum absolute atomic E-state index is 0.336. The SMILES string of the molecule is COC(=O)c1sccc1NC(=O)c1sc2cc(C)ccc2c1Cl. The molecule has 4 nitrogen and oxygen atoms in total. The van der Waals surface area contributed by atoms with Gasteiger partial charge in [0.1, 0.15) is 9.75 Å². The molecule has 0 atom stereocenters. The number of halogens is 1. The molecular formula is C16H12ClNO3S2. The number of esters is 1. The van der Waals surface area contributed by atoms with Crippen LogP contribution in [0.15, 0.2) is 29.6 Å². The van der Waals surface area contributed by atoms with Crippen molar-refractivity contribution in [2.45, 2.75) is 6.92 Å². The Bertz CT molecular complexity index is 913. The number of ether oxygens (including phenoxy) is 1. The largest absolute Gasteiger partial charge is 0.465 e. The number of aryl methyl sites for hydroxylation is 1. The zero-order valence-corrected chi connectivity index (χ0v) is 14.7. The third-order valence-corrected chi connectivity index (χ3v) is 5.83. The summed E-state index contributed by atoms with van der Waals surface area (Å²) < 4.78 is 5.66. The Kier molecular flexibility index (Phi) is 4.39. The Morgan fingerprint density at radius 1 is 1.22 bits per heavy atom. The summed E-state index contributed by atoms with van der Waals surface area (Å²) in [6, 6.07) is 7.52. The maximum atomic E-state index is 12.5. The highest BCUT2D eigenvalue weighted by Gasteiger charge is 2.20. The van der Waals surface area contributed by atoms with Crippen LogP contribution in [0.1, 0.15) is 24.9 Å². The molecule has 23 heavy (non-hydrogen) atoms. The average molecular weight is 366 g/mol. The molecule has 0 saturated heterocycles. The summed E-state index contributed by atoms with van der Waals surface area (Å²) >= 11 is 8.88. The summed E-state index contributed by atoms with van der Waals surface area (Å²) in [6.45, 7) is 1.99.